The predicted molar refractivity (Wildman–Crippen MR) is 85.2 cm³/mol. The summed E-state index contributed by atoms with van der Waals surface area (Å²) in [6.07, 6.45) is 7.16. The molecule has 2 aliphatic rings. The van der Waals surface area contributed by atoms with Gasteiger partial charge in [0.2, 0.25) is 11.8 Å². The van der Waals surface area contributed by atoms with Crippen LogP contribution < -0.4 is 5.32 Å². The van der Waals surface area contributed by atoms with Crippen LogP contribution in [0.4, 0.5) is 0 Å². The lowest BCUT2D eigenvalue weighted by Gasteiger charge is -2.36. The number of hydrogen-bond acceptors (Lipinski definition) is 3. The molecule has 1 aliphatic carbocycles. The van der Waals surface area contributed by atoms with E-state index >= 15 is 0 Å². The summed E-state index contributed by atoms with van der Waals surface area (Å²) in [6.45, 7) is 5.08. The number of nitrogens with one attached hydrogen (secondary N) is 1. The van der Waals surface area contributed by atoms with Gasteiger partial charge in [0.1, 0.15) is 0 Å². The van der Waals surface area contributed by atoms with Crippen molar-refractivity contribution >= 4 is 11.8 Å². The first-order valence-corrected chi connectivity index (χ1v) is 8.66. The first kappa shape index (κ1) is 17.3. The number of rotatable bonds is 4. The lowest BCUT2D eigenvalue weighted by atomic mass is 9.78. The van der Waals surface area contributed by atoms with E-state index in [2.05, 4.69) is 5.32 Å². The van der Waals surface area contributed by atoms with Gasteiger partial charge in [-0.15, -0.1) is 0 Å². The van der Waals surface area contributed by atoms with Crippen LogP contribution in [-0.4, -0.2) is 47.1 Å². The summed E-state index contributed by atoms with van der Waals surface area (Å²) in [5.74, 6) is 0.372. The fourth-order valence-corrected chi connectivity index (χ4v) is 3.74. The molecule has 0 aromatic heterocycles. The van der Waals surface area contributed by atoms with Crippen molar-refractivity contribution in [2.75, 3.05) is 19.6 Å². The van der Waals surface area contributed by atoms with Crippen LogP contribution in [0.15, 0.2) is 0 Å². The average Bonchev–Trinajstić information content (AvgIpc) is 2.53. The van der Waals surface area contributed by atoms with E-state index in [0.29, 0.717) is 25.6 Å². The van der Waals surface area contributed by atoms with Crippen LogP contribution in [0.3, 0.4) is 0 Å². The number of carbonyl (C=O) groups excluding carboxylic acids is 2. The Morgan fingerprint density at radius 1 is 1.14 bits per heavy atom. The molecule has 1 unspecified atom stereocenters. The first-order valence-electron chi connectivity index (χ1n) is 8.66. The lowest BCUT2D eigenvalue weighted by molar-refractivity contribution is -0.134. The average molecular weight is 310 g/mol. The highest BCUT2D eigenvalue weighted by Gasteiger charge is 2.34. The topological polar surface area (TPSA) is 69.6 Å². The van der Waals surface area contributed by atoms with Crippen molar-refractivity contribution in [3.8, 4) is 0 Å². The van der Waals surface area contributed by atoms with Crippen LogP contribution in [0.2, 0.25) is 0 Å². The first-order chi connectivity index (χ1) is 10.4. The maximum Gasteiger partial charge on any atom is 0.223 e. The van der Waals surface area contributed by atoms with E-state index in [4.69, 9.17) is 0 Å². The number of likely N-dealkylation sites (tertiary alicyclic amines) is 1. The van der Waals surface area contributed by atoms with E-state index in [-0.39, 0.29) is 17.7 Å². The zero-order chi connectivity index (χ0) is 16.2. The minimum atomic E-state index is -0.809. The maximum atomic E-state index is 12.3. The maximum absolute atomic E-state index is 12.3. The lowest BCUT2D eigenvalue weighted by Crippen LogP contribution is -2.49. The molecule has 0 aromatic carbocycles. The van der Waals surface area contributed by atoms with E-state index in [0.717, 1.165) is 25.7 Å². The summed E-state index contributed by atoms with van der Waals surface area (Å²) >= 11 is 0. The van der Waals surface area contributed by atoms with E-state index in [1.54, 1.807) is 11.8 Å². The summed E-state index contributed by atoms with van der Waals surface area (Å²) in [5, 5.41) is 13.6. The zero-order valence-electron chi connectivity index (χ0n) is 13.9. The van der Waals surface area contributed by atoms with E-state index < -0.39 is 5.60 Å². The summed E-state index contributed by atoms with van der Waals surface area (Å²) in [4.78, 5) is 25.4. The molecule has 126 valence electrons. The smallest absolute Gasteiger partial charge is 0.223 e. The standard InChI is InChI=1S/C17H30N2O3/c1-13(20)19-10-8-14(9-11-19)16(21)18-12-17(2,22)15-6-4-3-5-7-15/h14-15,22H,3-12H2,1-2H3,(H,18,21). The van der Waals surface area contributed by atoms with Crippen LogP contribution >= 0.6 is 0 Å². The molecule has 2 amide bonds. The van der Waals surface area contributed by atoms with Gasteiger partial charge in [0, 0.05) is 32.5 Å². The monoisotopic (exact) mass is 310 g/mol. The number of aliphatic hydroxyl groups is 1. The fourth-order valence-electron chi connectivity index (χ4n) is 3.74. The second-order valence-electron chi connectivity index (χ2n) is 7.19. The molecule has 0 bridgehead atoms. The summed E-state index contributed by atoms with van der Waals surface area (Å²) in [7, 11) is 0. The second kappa shape index (κ2) is 7.44. The third-order valence-electron chi connectivity index (χ3n) is 5.42. The molecule has 1 heterocycles. The van der Waals surface area contributed by atoms with Crippen molar-refractivity contribution in [1.82, 2.24) is 10.2 Å². The molecule has 2 fully saturated rings. The molecule has 0 aromatic rings. The molecular weight excluding hydrogens is 280 g/mol. The van der Waals surface area contributed by atoms with Gasteiger partial charge in [-0.05, 0) is 38.5 Å². The van der Waals surface area contributed by atoms with Crippen molar-refractivity contribution in [1.29, 1.82) is 0 Å². The molecule has 5 heteroatoms. The van der Waals surface area contributed by atoms with Gasteiger partial charge in [-0.2, -0.15) is 0 Å². The molecule has 0 spiro atoms. The Hall–Kier alpha value is -1.10. The predicted octanol–water partition coefficient (Wildman–Crippen LogP) is 1.69. The third kappa shape index (κ3) is 4.45. The Kier molecular flexibility index (Phi) is 5.84. The van der Waals surface area contributed by atoms with Crippen molar-refractivity contribution in [3.63, 3.8) is 0 Å². The minimum Gasteiger partial charge on any atom is -0.388 e. The van der Waals surface area contributed by atoms with Crippen molar-refractivity contribution < 1.29 is 14.7 Å². The van der Waals surface area contributed by atoms with Crippen molar-refractivity contribution in [2.45, 2.75) is 64.4 Å². The van der Waals surface area contributed by atoms with Crippen LogP contribution in [0.5, 0.6) is 0 Å². The SMILES string of the molecule is CC(=O)N1CCC(C(=O)NCC(C)(O)C2CCCCC2)CC1. The third-order valence-corrected chi connectivity index (χ3v) is 5.42. The minimum absolute atomic E-state index is 0.0271. The van der Waals surface area contributed by atoms with Gasteiger partial charge in [-0.25, -0.2) is 0 Å². The molecule has 2 N–H and O–H groups in total. The van der Waals surface area contributed by atoms with Crippen LogP contribution in [0.25, 0.3) is 0 Å². The van der Waals surface area contributed by atoms with E-state index in [1.165, 1.54) is 19.3 Å². The Labute approximate surface area is 133 Å². The highest BCUT2D eigenvalue weighted by molar-refractivity contribution is 5.79. The Bertz CT molecular complexity index is 395. The van der Waals surface area contributed by atoms with Gasteiger partial charge in [0.25, 0.3) is 0 Å². The highest BCUT2D eigenvalue weighted by Crippen LogP contribution is 2.32. The van der Waals surface area contributed by atoms with E-state index in [1.807, 2.05) is 6.92 Å². The van der Waals surface area contributed by atoms with Crippen molar-refractivity contribution in [3.05, 3.63) is 0 Å². The number of hydrogen-bond donors (Lipinski definition) is 2. The molecule has 1 saturated heterocycles. The molecule has 1 saturated carbocycles. The van der Waals surface area contributed by atoms with Gasteiger partial charge in [0.05, 0.1) is 5.60 Å². The van der Waals surface area contributed by atoms with Gasteiger partial charge in [-0.1, -0.05) is 19.3 Å². The van der Waals surface area contributed by atoms with Crippen molar-refractivity contribution in [2.24, 2.45) is 11.8 Å². The molecule has 5 nitrogen and oxygen atoms in total. The molecule has 1 aliphatic heterocycles. The number of piperidine rings is 1. The fraction of sp³-hybridized carbons (Fsp3) is 0.882. The number of carbonyl (C=O) groups is 2. The largest absolute Gasteiger partial charge is 0.388 e. The van der Waals surface area contributed by atoms with E-state index in [9.17, 15) is 14.7 Å². The quantitative estimate of drug-likeness (QED) is 0.830. The molecule has 1 atom stereocenters. The number of nitrogens with zero attached hydrogens (tertiary/aromatic N) is 1. The van der Waals surface area contributed by atoms with Gasteiger partial charge in [0.15, 0.2) is 0 Å². The Morgan fingerprint density at radius 3 is 2.27 bits per heavy atom. The van der Waals surface area contributed by atoms with Crippen LogP contribution in [-0.2, 0) is 9.59 Å². The van der Waals surface area contributed by atoms with Gasteiger partial charge >= 0.3 is 0 Å². The molecule has 2 rings (SSSR count). The van der Waals surface area contributed by atoms with Crippen LogP contribution in [0.1, 0.15) is 58.8 Å². The molecule has 22 heavy (non-hydrogen) atoms. The van der Waals surface area contributed by atoms with Gasteiger partial charge in [-0.3, -0.25) is 9.59 Å². The number of amides is 2. The summed E-state index contributed by atoms with van der Waals surface area (Å²) in [5.41, 5.74) is -0.809. The summed E-state index contributed by atoms with van der Waals surface area (Å²) in [6, 6.07) is 0. The second-order valence-corrected chi connectivity index (χ2v) is 7.19. The van der Waals surface area contributed by atoms with Gasteiger partial charge < -0.3 is 15.3 Å². The highest BCUT2D eigenvalue weighted by atomic mass is 16.3. The Balaban J connectivity index is 1.76. The molecule has 0 radical (unpaired) electrons. The summed E-state index contributed by atoms with van der Waals surface area (Å²) < 4.78 is 0. The normalized spacial score (nSPS) is 23.9. The van der Waals surface area contributed by atoms with Crippen LogP contribution in [0, 0.1) is 11.8 Å². The zero-order valence-corrected chi connectivity index (χ0v) is 13.9. The molecular formula is C17H30N2O3. The Morgan fingerprint density at radius 2 is 1.73 bits per heavy atom.